The molecular formula is C22H23N3O. The average molecular weight is 345 g/mol. The third-order valence-corrected chi connectivity index (χ3v) is 4.75. The van der Waals surface area contributed by atoms with Crippen LogP contribution < -0.4 is 10.1 Å². The summed E-state index contributed by atoms with van der Waals surface area (Å²) >= 11 is 0. The Kier molecular flexibility index (Phi) is 4.84. The number of fused-ring (bicyclic) bond motifs is 1. The van der Waals surface area contributed by atoms with Crippen LogP contribution in [0, 0.1) is 0 Å². The van der Waals surface area contributed by atoms with E-state index in [1.807, 2.05) is 24.3 Å². The molecule has 1 aliphatic heterocycles. The van der Waals surface area contributed by atoms with Gasteiger partial charge in [-0.1, -0.05) is 42.5 Å². The molecule has 0 spiro atoms. The van der Waals surface area contributed by atoms with Crippen LogP contribution >= 0.6 is 0 Å². The van der Waals surface area contributed by atoms with Crippen LogP contribution in [0.15, 0.2) is 71.7 Å². The third kappa shape index (κ3) is 3.41. The zero-order valence-electron chi connectivity index (χ0n) is 15.0. The summed E-state index contributed by atoms with van der Waals surface area (Å²) in [5.74, 6) is 1.88. The largest absolute Gasteiger partial charge is 0.497 e. The van der Waals surface area contributed by atoms with Crippen LogP contribution in [-0.2, 0) is 0 Å². The lowest BCUT2D eigenvalue weighted by molar-refractivity contribution is 0.358. The number of nitrogens with zero attached hydrogens (tertiary/aromatic N) is 2. The van der Waals surface area contributed by atoms with Gasteiger partial charge in [0.05, 0.1) is 12.8 Å². The molecule has 0 unspecified atom stereocenters. The van der Waals surface area contributed by atoms with Gasteiger partial charge in [-0.25, -0.2) is 4.99 Å². The van der Waals surface area contributed by atoms with E-state index in [-0.39, 0.29) is 0 Å². The van der Waals surface area contributed by atoms with Gasteiger partial charge in [-0.3, -0.25) is 0 Å². The molecule has 0 aromatic heterocycles. The molecule has 4 nitrogen and oxygen atoms in total. The maximum atomic E-state index is 5.27. The lowest BCUT2D eigenvalue weighted by atomic mass is 10.0. The molecular weight excluding hydrogens is 322 g/mol. The van der Waals surface area contributed by atoms with Gasteiger partial charge in [-0.05, 0) is 35.0 Å². The number of hydrogen-bond acceptors (Lipinski definition) is 3. The number of piperazine rings is 1. The van der Waals surface area contributed by atoms with Crippen molar-refractivity contribution < 1.29 is 4.74 Å². The molecule has 3 aromatic carbocycles. The van der Waals surface area contributed by atoms with Gasteiger partial charge < -0.3 is 15.0 Å². The monoisotopic (exact) mass is 345 g/mol. The molecule has 0 bridgehead atoms. The maximum absolute atomic E-state index is 5.27. The third-order valence-electron chi connectivity index (χ3n) is 4.75. The van der Waals surface area contributed by atoms with Gasteiger partial charge in [0.15, 0.2) is 0 Å². The van der Waals surface area contributed by atoms with E-state index in [2.05, 4.69) is 52.7 Å². The Morgan fingerprint density at radius 2 is 1.65 bits per heavy atom. The fraction of sp³-hybridized carbons (Fsp3) is 0.227. The van der Waals surface area contributed by atoms with E-state index in [9.17, 15) is 0 Å². The van der Waals surface area contributed by atoms with Crippen molar-refractivity contribution in [2.75, 3.05) is 33.3 Å². The van der Waals surface area contributed by atoms with E-state index in [0.29, 0.717) is 0 Å². The SMILES string of the molecule is COc1ccc(N=C(c2cccc3ccccc23)N2CCNCC2)cc1. The number of methoxy groups -OCH3 is 1. The minimum absolute atomic E-state index is 0.845. The zero-order chi connectivity index (χ0) is 17.8. The average Bonchev–Trinajstić information content (AvgIpc) is 2.73. The summed E-state index contributed by atoms with van der Waals surface area (Å²) in [6.45, 7) is 3.87. The highest BCUT2D eigenvalue weighted by Gasteiger charge is 2.18. The predicted octanol–water partition coefficient (Wildman–Crippen LogP) is 3.83. The van der Waals surface area contributed by atoms with Crippen molar-refractivity contribution in [3.8, 4) is 5.75 Å². The number of amidine groups is 1. The molecule has 1 saturated heterocycles. The Hall–Kier alpha value is -2.85. The van der Waals surface area contributed by atoms with E-state index < -0.39 is 0 Å². The second kappa shape index (κ2) is 7.58. The van der Waals surface area contributed by atoms with Crippen LogP contribution in [0.5, 0.6) is 5.75 Å². The molecule has 4 heteroatoms. The maximum Gasteiger partial charge on any atom is 0.137 e. The molecule has 26 heavy (non-hydrogen) atoms. The van der Waals surface area contributed by atoms with Crippen molar-refractivity contribution in [2.45, 2.75) is 0 Å². The first kappa shape index (κ1) is 16.6. The normalized spacial score (nSPS) is 15.3. The van der Waals surface area contributed by atoms with Gasteiger partial charge in [-0.2, -0.15) is 0 Å². The van der Waals surface area contributed by atoms with Crippen molar-refractivity contribution in [3.63, 3.8) is 0 Å². The fourth-order valence-electron chi connectivity index (χ4n) is 3.38. The van der Waals surface area contributed by atoms with Crippen LogP contribution in [0.25, 0.3) is 10.8 Å². The molecule has 0 radical (unpaired) electrons. The van der Waals surface area contributed by atoms with E-state index in [1.165, 1.54) is 16.3 Å². The van der Waals surface area contributed by atoms with Crippen molar-refractivity contribution >= 4 is 22.3 Å². The Morgan fingerprint density at radius 3 is 2.42 bits per heavy atom. The second-order valence-corrected chi connectivity index (χ2v) is 6.40. The van der Waals surface area contributed by atoms with Gasteiger partial charge in [0.25, 0.3) is 0 Å². The molecule has 132 valence electrons. The summed E-state index contributed by atoms with van der Waals surface area (Å²) in [5.41, 5.74) is 2.12. The van der Waals surface area contributed by atoms with Crippen LogP contribution in [0.4, 0.5) is 5.69 Å². The first-order valence-electron chi connectivity index (χ1n) is 9.02. The molecule has 1 heterocycles. The lowest BCUT2D eigenvalue weighted by Gasteiger charge is -2.31. The fourth-order valence-corrected chi connectivity index (χ4v) is 3.38. The second-order valence-electron chi connectivity index (χ2n) is 6.40. The van der Waals surface area contributed by atoms with Gasteiger partial charge in [0, 0.05) is 31.7 Å². The van der Waals surface area contributed by atoms with E-state index in [0.717, 1.165) is 43.5 Å². The molecule has 1 aliphatic rings. The summed E-state index contributed by atoms with van der Waals surface area (Å²) in [6.07, 6.45) is 0. The van der Waals surface area contributed by atoms with Crippen LogP contribution in [0.3, 0.4) is 0 Å². The van der Waals surface area contributed by atoms with Gasteiger partial charge >= 0.3 is 0 Å². The standard InChI is InChI=1S/C22H23N3O/c1-26-19-11-9-18(10-12-19)24-22(25-15-13-23-14-16-25)21-8-4-6-17-5-2-3-7-20(17)21/h2-12,23H,13-16H2,1H3. The van der Waals surface area contributed by atoms with Gasteiger partial charge in [-0.15, -0.1) is 0 Å². The minimum atomic E-state index is 0.845. The van der Waals surface area contributed by atoms with Crippen molar-refractivity contribution in [2.24, 2.45) is 4.99 Å². The quantitative estimate of drug-likeness (QED) is 0.579. The van der Waals surface area contributed by atoms with Gasteiger partial charge in [0.1, 0.15) is 11.6 Å². The topological polar surface area (TPSA) is 36.9 Å². The highest BCUT2D eigenvalue weighted by molar-refractivity contribution is 6.10. The molecule has 1 N–H and O–H groups in total. The lowest BCUT2D eigenvalue weighted by Crippen LogP contribution is -2.46. The van der Waals surface area contributed by atoms with Crippen molar-refractivity contribution in [1.29, 1.82) is 0 Å². The van der Waals surface area contributed by atoms with Crippen LogP contribution in [-0.4, -0.2) is 44.0 Å². The summed E-state index contributed by atoms with van der Waals surface area (Å²) in [6, 6.07) is 22.9. The molecule has 0 aliphatic carbocycles. The van der Waals surface area contributed by atoms with Gasteiger partial charge in [0.2, 0.25) is 0 Å². The first-order valence-corrected chi connectivity index (χ1v) is 9.02. The summed E-state index contributed by atoms with van der Waals surface area (Å²) in [5, 5.41) is 5.90. The van der Waals surface area contributed by atoms with Crippen LogP contribution in [0.2, 0.25) is 0 Å². The summed E-state index contributed by atoms with van der Waals surface area (Å²) in [4.78, 5) is 7.41. The molecule has 0 amide bonds. The van der Waals surface area contributed by atoms with E-state index in [1.54, 1.807) is 7.11 Å². The number of rotatable bonds is 3. The Morgan fingerprint density at radius 1 is 0.923 bits per heavy atom. The molecule has 1 fully saturated rings. The van der Waals surface area contributed by atoms with E-state index >= 15 is 0 Å². The number of ether oxygens (including phenoxy) is 1. The number of hydrogen-bond donors (Lipinski definition) is 1. The Labute approximate surface area is 154 Å². The highest BCUT2D eigenvalue weighted by Crippen LogP contribution is 2.24. The molecule has 0 atom stereocenters. The summed E-state index contributed by atoms with van der Waals surface area (Å²) in [7, 11) is 1.68. The van der Waals surface area contributed by atoms with E-state index in [4.69, 9.17) is 9.73 Å². The zero-order valence-corrected chi connectivity index (χ0v) is 15.0. The highest BCUT2D eigenvalue weighted by atomic mass is 16.5. The van der Waals surface area contributed by atoms with Crippen molar-refractivity contribution in [1.82, 2.24) is 10.2 Å². The smallest absolute Gasteiger partial charge is 0.137 e. The predicted molar refractivity (Wildman–Crippen MR) is 108 cm³/mol. The minimum Gasteiger partial charge on any atom is -0.497 e. The number of benzene rings is 3. The Balaban J connectivity index is 1.83. The molecule has 3 aromatic rings. The number of nitrogens with one attached hydrogen (secondary N) is 1. The Bertz CT molecular complexity index is 907. The van der Waals surface area contributed by atoms with Crippen LogP contribution in [0.1, 0.15) is 5.56 Å². The van der Waals surface area contributed by atoms with Crippen molar-refractivity contribution in [3.05, 3.63) is 72.3 Å². The molecule has 0 saturated carbocycles. The number of aliphatic imine (C=N–C) groups is 1. The first-order chi connectivity index (χ1) is 12.8. The molecule has 4 rings (SSSR count). The summed E-state index contributed by atoms with van der Waals surface area (Å²) < 4.78 is 5.27.